The van der Waals surface area contributed by atoms with Gasteiger partial charge in [0.15, 0.2) is 5.58 Å². The molecule has 0 atom stereocenters. The highest BCUT2D eigenvalue weighted by atomic mass is 16.3. The van der Waals surface area contributed by atoms with E-state index in [1.165, 1.54) is 99.5 Å². The van der Waals surface area contributed by atoms with E-state index in [1.807, 2.05) is 0 Å². The van der Waals surface area contributed by atoms with Gasteiger partial charge in [0.2, 0.25) is 0 Å². The van der Waals surface area contributed by atoms with Crippen molar-refractivity contribution in [2.24, 2.45) is 0 Å². The van der Waals surface area contributed by atoms with Crippen LogP contribution in [0.3, 0.4) is 0 Å². The van der Waals surface area contributed by atoms with E-state index in [0.29, 0.717) is 0 Å². The lowest BCUT2D eigenvalue weighted by Crippen LogP contribution is -2.55. The number of furan rings is 1. The molecule has 48 heavy (non-hydrogen) atoms. The first-order valence-electron chi connectivity index (χ1n) is 17.0. The van der Waals surface area contributed by atoms with Crippen molar-refractivity contribution in [3.63, 3.8) is 0 Å². The third kappa shape index (κ3) is 2.71. The summed E-state index contributed by atoms with van der Waals surface area (Å²) in [5.41, 5.74) is 21.5. The summed E-state index contributed by atoms with van der Waals surface area (Å²) in [4.78, 5) is 0. The van der Waals surface area contributed by atoms with Gasteiger partial charge in [-0.1, -0.05) is 105 Å². The van der Waals surface area contributed by atoms with Gasteiger partial charge in [-0.3, -0.25) is 0 Å². The van der Waals surface area contributed by atoms with Gasteiger partial charge in [-0.2, -0.15) is 0 Å². The van der Waals surface area contributed by atoms with Crippen LogP contribution in [0.1, 0.15) is 30.7 Å². The molecule has 0 fully saturated rings. The highest BCUT2D eigenvalue weighted by Gasteiger charge is 2.47. The number of nitrogens with zero attached hydrogens (tertiary/aromatic N) is 2. The Morgan fingerprint density at radius 2 is 1.35 bits per heavy atom. The molecule has 2 aliphatic heterocycles. The van der Waals surface area contributed by atoms with Crippen LogP contribution in [0.25, 0.3) is 82.9 Å². The SMILES string of the molecule is Cc1ccccc1-c1cc2c3c(c1)-n1c4c(c5cccc(c51)B3n1c3c-2cccc3c2oc3ccccc3c21)-c1ccccc1C4(C)C. The fraction of sp³-hybridized carbons (Fsp3) is 0.0909. The Bertz CT molecular complexity index is 2950. The van der Waals surface area contributed by atoms with Crippen molar-refractivity contribution < 1.29 is 4.42 Å². The predicted molar refractivity (Wildman–Crippen MR) is 200 cm³/mol. The van der Waals surface area contributed by atoms with Crippen molar-refractivity contribution in [1.29, 1.82) is 0 Å². The van der Waals surface area contributed by atoms with Gasteiger partial charge in [0, 0.05) is 49.6 Å². The van der Waals surface area contributed by atoms with E-state index in [2.05, 4.69) is 151 Å². The van der Waals surface area contributed by atoms with E-state index in [-0.39, 0.29) is 12.3 Å². The largest absolute Gasteiger partial charge is 0.454 e. The second kappa shape index (κ2) is 8.21. The molecule has 224 valence electrons. The van der Waals surface area contributed by atoms with Crippen molar-refractivity contribution in [2.45, 2.75) is 26.2 Å². The lowest BCUT2D eigenvalue weighted by molar-refractivity contribution is 0.624. The molecule has 0 saturated carbocycles. The molecule has 12 rings (SSSR count). The highest BCUT2D eigenvalue weighted by Crippen LogP contribution is 2.55. The van der Waals surface area contributed by atoms with E-state index in [1.54, 1.807) is 0 Å². The van der Waals surface area contributed by atoms with Crippen LogP contribution in [0.4, 0.5) is 0 Å². The molecule has 0 spiro atoms. The van der Waals surface area contributed by atoms with Crippen molar-refractivity contribution in [3.05, 3.63) is 138 Å². The van der Waals surface area contributed by atoms with E-state index in [0.717, 1.165) is 11.2 Å². The van der Waals surface area contributed by atoms with Crippen LogP contribution in [0.2, 0.25) is 0 Å². The van der Waals surface area contributed by atoms with Gasteiger partial charge in [0.05, 0.1) is 11.0 Å². The number of para-hydroxylation sites is 3. The molecule has 9 aromatic rings. The monoisotopic (exact) mass is 612 g/mol. The van der Waals surface area contributed by atoms with Crippen LogP contribution in [-0.2, 0) is 5.41 Å². The normalized spacial score (nSPS) is 14.7. The Morgan fingerprint density at radius 3 is 2.25 bits per heavy atom. The number of benzene rings is 6. The maximum atomic E-state index is 6.71. The molecule has 0 N–H and O–H groups in total. The number of hydrogen-bond acceptors (Lipinski definition) is 1. The molecule has 0 radical (unpaired) electrons. The fourth-order valence-electron chi connectivity index (χ4n) is 9.90. The van der Waals surface area contributed by atoms with Gasteiger partial charge < -0.3 is 13.5 Å². The molecule has 4 heteroatoms. The molecule has 3 aromatic heterocycles. The van der Waals surface area contributed by atoms with Gasteiger partial charge in [-0.05, 0) is 81.6 Å². The molecule has 6 aromatic carbocycles. The van der Waals surface area contributed by atoms with Crippen LogP contribution in [0, 0.1) is 6.92 Å². The lowest BCUT2D eigenvalue weighted by atomic mass is 9.45. The number of aromatic nitrogens is 2. The molecular weight excluding hydrogens is 583 g/mol. The highest BCUT2D eigenvalue weighted by molar-refractivity contribution is 6.90. The van der Waals surface area contributed by atoms with Crippen LogP contribution >= 0.6 is 0 Å². The average molecular weight is 613 g/mol. The summed E-state index contributed by atoms with van der Waals surface area (Å²) in [6, 6.07) is 45.2. The van der Waals surface area contributed by atoms with E-state index < -0.39 is 0 Å². The third-order valence-corrected chi connectivity index (χ3v) is 11.8. The van der Waals surface area contributed by atoms with Crippen molar-refractivity contribution in [1.82, 2.24) is 9.05 Å². The Kier molecular flexibility index (Phi) is 4.34. The van der Waals surface area contributed by atoms with Crippen LogP contribution < -0.4 is 10.9 Å². The van der Waals surface area contributed by atoms with Crippen molar-refractivity contribution in [3.8, 4) is 39.1 Å². The summed E-state index contributed by atoms with van der Waals surface area (Å²) in [6.45, 7) is 7.06. The number of aryl methyl sites for hydroxylation is 1. The van der Waals surface area contributed by atoms with E-state index >= 15 is 0 Å². The zero-order valence-electron chi connectivity index (χ0n) is 26.9. The molecule has 1 aliphatic carbocycles. The summed E-state index contributed by atoms with van der Waals surface area (Å²) in [5.74, 6) is 0. The van der Waals surface area contributed by atoms with Gasteiger partial charge >= 0.3 is 6.85 Å². The molecule has 0 amide bonds. The first-order chi connectivity index (χ1) is 23.5. The van der Waals surface area contributed by atoms with Gasteiger partial charge in [0.1, 0.15) is 5.58 Å². The molecule has 3 nitrogen and oxygen atoms in total. The smallest absolute Gasteiger partial charge is 0.333 e. The summed E-state index contributed by atoms with van der Waals surface area (Å²) < 4.78 is 12.0. The first kappa shape index (κ1) is 25.4. The summed E-state index contributed by atoms with van der Waals surface area (Å²) >= 11 is 0. The van der Waals surface area contributed by atoms with E-state index in [4.69, 9.17) is 4.42 Å². The molecule has 3 aliphatic rings. The summed E-state index contributed by atoms with van der Waals surface area (Å²) in [5, 5.41) is 3.68. The minimum absolute atomic E-state index is 0.00130. The number of fused-ring (bicyclic) bond motifs is 14. The second-order valence-corrected chi connectivity index (χ2v) is 14.5. The van der Waals surface area contributed by atoms with Crippen LogP contribution in [0.5, 0.6) is 0 Å². The first-order valence-corrected chi connectivity index (χ1v) is 17.0. The topological polar surface area (TPSA) is 23.0 Å². The predicted octanol–water partition coefficient (Wildman–Crippen LogP) is 9.71. The maximum Gasteiger partial charge on any atom is 0.333 e. The van der Waals surface area contributed by atoms with Crippen LogP contribution in [0.15, 0.2) is 126 Å². The maximum absolute atomic E-state index is 6.71. The molecule has 0 unspecified atom stereocenters. The summed E-state index contributed by atoms with van der Waals surface area (Å²) in [7, 11) is 0. The number of hydrogen-bond donors (Lipinski definition) is 0. The third-order valence-electron chi connectivity index (χ3n) is 11.8. The standard InChI is InChI=1S/C44H29BN2O/c1-24-12-4-5-13-26(24)25-22-32-27-16-10-18-31-39(27)47(41-29-15-7-9-21-36(29)48-42(31)41)45-34-20-11-17-30-37-28-14-6-8-19-33(28)44(2,3)43(37)46(40(30)34)35(23-25)38(32)45/h4-23H,1-3H3. The van der Waals surface area contributed by atoms with Gasteiger partial charge in [0.25, 0.3) is 0 Å². The molecule has 0 saturated heterocycles. The molecule has 0 bridgehead atoms. The molecular formula is C44H29BN2O. The zero-order chi connectivity index (χ0) is 31.6. The fourth-order valence-corrected chi connectivity index (χ4v) is 9.90. The Labute approximate surface area is 277 Å². The minimum atomic E-state index is -0.165. The second-order valence-electron chi connectivity index (χ2n) is 14.5. The van der Waals surface area contributed by atoms with Gasteiger partial charge in [-0.25, -0.2) is 0 Å². The van der Waals surface area contributed by atoms with Gasteiger partial charge in [-0.15, -0.1) is 0 Å². The Morgan fingerprint density at radius 1 is 0.625 bits per heavy atom. The quantitative estimate of drug-likeness (QED) is 0.169. The lowest BCUT2D eigenvalue weighted by Gasteiger charge is -2.36. The van der Waals surface area contributed by atoms with Crippen molar-refractivity contribution in [2.75, 3.05) is 0 Å². The summed E-state index contributed by atoms with van der Waals surface area (Å²) in [6.07, 6.45) is 0. The average Bonchev–Trinajstić information content (AvgIpc) is 3.82. The zero-order valence-corrected chi connectivity index (χ0v) is 26.9. The van der Waals surface area contributed by atoms with E-state index in [9.17, 15) is 0 Å². The minimum Gasteiger partial charge on any atom is -0.454 e. The Hall–Kier alpha value is -5.74. The van der Waals surface area contributed by atoms with Crippen LogP contribution in [-0.4, -0.2) is 15.9 Å². The Balaban J connectivity index is 1.33. The van der Waals surface area contributed by atoms with Crippen molar-refractivity contribution >= 4 is 61.6 Å². The molecule has 5 heterocycles. The number of rotatable bonds is 1.